The van der Waals surface area contributed by atoms with Crippen molar-refractivity contribution >= 4 is 22.9 Å². The van der Waals surface area contributed by atoms with Gasteiger partial charge in [-0.1, -0.05) is 13.0 Å². The summed E-state index contributed by atoms with van der Waals surface area (Å²) in [5.74, 6) is 0.662. The molecule has 0 aliphatic heterocycles. The Labute approximate surface area is 117 Å². The summed E-state index contributed by atoms with van der Waals surface area (Å²) in [5.41, 5.74) is 1.98. The van der Waals surface area contributed by atoms with Crippen molar-refractivity contribution in [3.05, 3.63) is 45.6 Å². The molecule has 19 heavy (non-hydrogen) atoms. The van der Waals surface area contributed by atoms with Crippen molar-refractivity contribution in [3.8, 4) is 5.75 Å². The molecule has 0 radical (unpaired) electrons. The van der Waals surface area contributed by atoms with Crippen molar-refractivity contribution in [3.63, 3.8) is 0 Å². The topological polar surface area (TPSA) is 38.3 Å². The second kappa shape index (κ2) is 5.89. The first-order chi connectivity index (χ1) is 9.13. The fraction of sp³-hybridized carbons (Fsp3) is 0.267. The van der Waals surface area contributed by atoms with Crippen LogP contribution in [0.1, 0.15) is 27.0 Å². The summed E-state index contributed by atoms with van der Waals surface area (Å²) in [6.07, 6.45) is 0.953. The molecule has 100 valence electrons. The predicted molar refractivity (Wildman–Crippen MR) is 79.4 cm³/mol. The van der Waals surface area contributed by atoms with Gasteiger partial charge in [-0.2, -0.15) is 0 Å². The van der Waals surface area contributed by atoms with Crippen LogP contribution in [0.25, 0.3) is 0 Å². The number of carbonyl (C=O) groups excluding carboxylic acids is 1. The lowest BCUT2D eigenvalue weighted by Gasteiger charge is -2.05. The number of rotatable bonds is 4. The largest absolute Gasteiger partial charge is 0.497 e. The fourth-order valence-corrected chi connectivity index (χ4v) is 2.89. The Morgan fingerprint density at radius 1 is 1.37 bits per heavy atom. The van der Waals surface area contributed by atoms with Crippen molar-refractivity contribution in [2.45, 2.75) is 20.3 Å². The molecule has 0 spiro atoms. The smallest absolute Gasteiger partial charge is 0.265 e. The monoisotopic (exact) mass is 275 g/mol. The summed E-state index contributed by atoms with van der Waals surface area (Å²) in [6, 6.07) is 9.32. The Hall–Kier alpha value is -1.81. The molecular weight excluding hydrogens is 258 g/mol. The van der Waals surface area contributed by atoms with Crippen LogP contribution >= 0.6 is 11.3 Å². The highest BCUT2D eigenvalue weighted by molar-refractivity contribution is 7.14. The van der Waals surface area contributed by atoms with Crippen LogP contribution in [0.3, 0.4) is 0 Å². The lowest BCUT2D eigenvalue weighted by Crippen LogP contribution is -2.10. The van der Waals surface area contributed by atoms with Gasteiger partial charge in [-0.3, -0.25) is 4.79 Å². The van der Waals surface area contributed by atoms with Crippen molar-refractivity contribution in [2.24, 2.45) is 0 Å². The summed E-state index contributed by atoms with van der Waals surface area (Å²) < 4.78 is 5.13. The molecule has 1 amide bonds. The average Bonchev–Trinajstić information content (AvgIpc) is 2.80. The second-order valence-corrected chi connectivity index (χ2v) is 5.49. The Bertz CT molecular complexity index is 590. The molecule has 4 heteroatoms. The first-order valence-corrected chi connectivity index (χ1v) is 7.00. The molecule has 1 N–H and O–H groups in total. The third kappa shape index (κ3) is 3.15. The maximum absolute atomic E-state index is 12.2. The number of amides is 1. The van der Waals surface area contributed by atoms with E-state index in [2.05, 4.69) is 12.2 Å². The van der Waals surface area contributed by atoms with Crippen LogP contribution < -0.4 is 10.1 Å². The maximum atomic E-state index is 12.2. The number of carbonyl (C=O) groups is 1. The van der Waals surface area contributed by atoms with Gasteiger partial charge in [-0.15, -0.1) is 11.3 Å². The minimum absolute atomic E-state index is 0.0685. The van der Waals surface area contributed by atoms with E-state index in [1.54, 1.807) is 13.2 Å². The quantitative estimate of drug-likeness (QED) is 0.919. The zero-order chi connectivity index (χ0) is 13.8. The number of ether oxygens (including phenoxy) is 1. The van der Waals surface area contributed by atoms with Crippen molar-refractivity contribution < 1.29 is 9.53 Å². The summed E-state index contributed by atoms with van der Waals surface area (Å²) in [5, 5.41) is 2.89. The number of anilines is 1. The van der Waals surface area contributed by atoms with Crippen molar-refractivity contribution in [1.29, 1.82) is 0 Å². The van der Waals surface area contributed by atoms with Crippen LogP contribution in [0.4, 0.5) is 5.69 Å². The van der Waals surface area contributed by atoms with E-state index in [0.717, 1.165) is 22.7 Å². The van der Waals surface area contributed by atoms with E-state index >= 15 is 0 Å². The van der Waals surface area contributed by atoms with Crippen LogP contribution in [0.2, 0.25) is 0 Å². The molecule has 3 nitrogen and oxygen atoms in total. The van der Waals surface area contributed by atoms with Crippen LogP contribution in [-0.4, -0.2) is 13.0 Å². The Morgan fingerprint density at radius 3 is 2.79 bits per heavy atom. The number of methoxy groups -OCH3 is 1. The van der Waals surface area contributed by atoms with E-state index in [0.29, 0.717) is 0 Å². The van der Waals surface area contributed by atoms with Crippen LogP contribution in [0.15, 0.2) is 30.3 Å². The molecule has 0 atom stereocenters. The fourth-order valence-electron chi connectivity index (χ4n) is 1.88. The van der Waals surface area contributed by atoms with Crippen LogP contribution in [-0.2, 0) is 6.42 Å². The standard InChI is InChI=1S/C15H17NO2S/c1-4-11-8-14(19-10(11)2)15(17)16-12-6-5-7-13(9-12)18-3/h5-9H,4H2,1-3H3,(H,16,17). The van der Waals surface area contributed by atoms with Crippen molar-refractivity contribution in [2.75, 3.05) is 12.4 Å². The van der Waals surface area contributed by atoms with Gasteiger partial charge in [0.25, 0.3) is 5.91 Å². The zero-order valence-electron chi connectivity index (χ0n) is 11.3. The van der Waals surface area contributed by atoms with Gasteiger partial charge in [0.05, 0.1) is 12.0 Å². The number of thiophene rings is 1. The third-order valence-corrected chi connectivity index (χ3v) is 4.04. The molecule has 0 aliphatic rings. The molecule has 0 bridgehead atoms. The summed E-state index contributed by atoms with van der Waals surface area (Å²) in [6.45, 7) is 4.14. The summed E-state index contributed by atoms with van der Waals surface area (Å²) in [7, 11) is 1.61. The van der Waals surface area contributed by atoms with Crippen LogP contribution in [0.5, 0.6) is 5.75 Å². The molecule has 2 aromatic rings. The minimum atomic E-state index is -0.0685. The summed E-state index contributed by atoms with van der Waals surface area (Å²) >= 11 is 1.53. The Morgan fingerprint density at radius 2 is 2.16 bits per heavy atom. The Balaban J connectivity index is 2.15. The molecule has 2 rings (SSSR count). The van der Waals surface area contributed by atoms with E-state index in [4.69, 9.17) is 4.74 Å². The highest BCUT2D eigenvalue weighted by atomic mass is 32.1. The highest BCUT2D eigenvalue weighted by Gasteiger charge is 2.12. The lowest BCUT2D eigenvalue weighted by molar-refractivity contribution is 0.103. The van der Waals surface area contributed by atoms with Gasteiger partial charge >= 0.3 is 0 Å². The van der Waals surface area contributed by atoms with E-state index in [9.17, 15) is 4.79 Å². The molecular formula is C15H17NO2S. The molecule has 0 unspecified atom stereocenters. The van der Waals surface area contributed by atoms with Gasteiger partial charge in [0.15, 0.2) is 0 Å². The van der Waals surface area contributed by atoms with Crippen molar-refractivity contribution in [1.82, 2.24) is 0 Å². The first-order valence-electron chi connectivity index (χ1n) is 6.18. The van der Waals surface area contributed by atoms with Crippen LogP contribution in [0, 0.1) is 6.92 Å². The molecule has 1 aromatic heterocycles. The van der Waals surface area contributed by atoms with E-state index in [1.807, 2.05) is 31.2 Å². The van der Waals surface area contributed by atoms with Gasteiger partial charge in [0.2, 0.25) is 0 Å². The van der Waals surface area contributed by atoms with E-state index < -0.39 is 0 Å². The predicted octanol–water partition coefficient (Wildman–Crippen LogP) is 3.88. The number of hydrogen-bond acceptors (Lipinski definition) is 3. The SMILES string of the molecule is CCc1cc(C(=O)Nc2cccc(OC)c2)sc1C. The third-order valence-electron chi connectivity index (χ3n) is 2.95. The molecule has 1 aromatic carbocycles. The molecule has 0 fully saturated rings. The minimum Gasteiger partial charge on any atom is -0.497 e. The normalized spacial score (nSPS) is 10.3. The molecule has 0 aliphatic carbocycles. The van der Waals surface area contributed by atoms with Gasteiger partial charge < -0.3 is 10.1 Å². The molecule has 0 saturated carbocycles. The van der Waals surface area contributed by atoms with E-state index in [1.165, 1.54) is 21.8 Å². The average molecular weight is 275 g/mol. The van der Waals surface area contributed by atoms with Gasteiger partial charge in [0.1, 0.15) is 5.75 Å². The van der Waals surface area contributed by atoms with Gasteiger partial charge in [-0.25, -0.2) is 0 Å². The maximum Gasteiger partial charge on any atom is 0.265 e. The number of nitrogens with one attached hydrogen (secondary N) is 1. The number of aryl methyl sites for hydroxylation is 2. The zero-order valence-corrected chi connectivity index (χ0v) is 12.1. The Kier molecular flexibility index (Phi) is 4.22. The van der Waals surface area contributed by atoms with Gasteiger partial charge in [0, 0.05) is 16.6 Å². The second-order valence-electron chi connectivity index (χ2n) is 4.23. The first kappa shape index (κ1) is 13.6. The number of benzene rings is 1. The van der Waals surface area contributed by atoms with Gasteiger partial charge in [-0.05, 0) is 37.1 Å². The summed E-state index contributed by atoms with van der Waals surface area (Å²) in [4.78, 5) is 14.1. The van der Waals surface area contributed by atoms with E-state index in [-0.39, 0.29) is 5.91 Å². The highest BCUT2D eigenvalue weighted by Crippen LogP contribution is 2.24. The number of hydrogen-bond donors (Lipinski definition) is 1. The molecule has 1 heterocycles. The molecule has 0 saturated heterocycles. The lowest BCUT2D eigenvalue weighted by atomic mass is 10.2.